The van der Waals surface area contributed by atoms with Gasteiger partial charge in [0.05, 0.1) is 5.56 Å². The molecular weight excluding hydrogens is 241 g/mol. The lowest BCUT2D eigenvalue weighted by molar-refractivity contribution is -0.137. The van der Waals surface area contributed by atoms with Crippen molar-refractivity contribution in [3.8, 4) is 11.1 Å². The van der Waals surface area contributed by atoms with E-state index in [1.807, 2.05) is 0 Å². The van der Waals surface area contributed by atoms with Crippen LogP contribution in [0.3, 0.4) is 0 Å². The monoisotopic (exact) mass is 252 g/mol. The van der Waals surface area contributed by atoms with E-state index < -0.39 is 11.7 Å². The molecule has 1 aromatic heterocycles. The summed E-state index contributed by atoms with van der Waals surface area (Å²) in [6.45, 7) is 0.236. The third-order valence-electron chi connectivity index (χ3n) is 2.62. The molecule has 1 aromatic carbocycles. The lowest BCUT2D eigenvalue weighted by Gasteiger charge is -2.11. The maximum atomic E-state index is 12.6. The van der Waals surface area contributed by atoms with E-state index >= 15 is 0 Å². The second-order valence-electron chi connectivity index (χ2n) is 3.82. The molecule has 0 fully saturated rings. The topological polar surface area (TPSA) is 38.9 Å². The molecular formula is C13H11F3N2. The lowest BCUT2D eigenvalue weighted by Crippen LogP contribution is -2.05. The standard InChI is InChI=1S/C13H11F3N2/c14-13(15,16)11-3-1-2-9(6-11)12-4-5-18-8-10(12)7-17/h1-6,8H,7,17H2. The van der Waals surface area contributed by atoms with Crippen molar-refractivity contribution < 1.29 is 13.2 Å². The Hall–Kier alpha value is -1.88. The predicted molar refractivity (Wildman–Crippen MR) is 62.6 cm³/mol. The molecule has 2 N–H and O–H groups in total. The van der Waals surface area contributed by atoms with Gasteiger partial charge >= 0.3 is 6.18 Å². The van der Waals surface area contributed by atoms with Crippen LogP contribution in [-0.4, -0.2) is 4.98 Å². The van der Waals surface area contributed by atoms with E-state index in [-0.39, 0.29) is 6.54 Å². The summed E-state index contributed by atoms with van der Waals surface area (Å²) in [6, 6.07) is 6.85. The van der Waals surface area contributed by atoms with Gasteiger partial charge in [-0.25, -0.2) is 0 Å². The van der Waals surface area contributed by atoms with Gasteiger partial charge in [-0.2, -0.15) is 13.2 Å². The summed E-state index contributed by atoms with van der Waals surface area (Å²) < 4.78 is 37.9. The molecule has 0 radical (unpaired) electrons. The summed E-state index contributed by atoms with van der Waals surface area (Å²) in [5.41, 5.74) is 6.77. The summed E-state index contributed by atoms with van der Waals surface area (Å²) in [5.74, 6) is 0. The number of alkyl halides is 3. The Labute approximate surface area is 102 Å². The second kappa shape index (κ2) is 4.78. The van der Waals surface area contributed by atoms with E-state index in [0.717, 1.165) is 17.7 Å². The van der Waals surface area contributed by atoms with Crippen molar-refractivity contribution in [3.05, 3.63) is 53.9 Å². The first kappa shape index (κ1) is 12.6. The van der Waals surface area contributed by atoms with Crippen molar-refractivity contribution in [1.82, 2.24) is 4.98 Å². The highest BCUT2D eigenvalue weighted by Crippen LogP contribution is 2.32. The first-order valence-electron chi connectivity index (χ1n) is 5.33. The smallest absolute Gasteiger partial charge is 0.326 e. The molecule has 0 amide bonds. The highest BCUT2D eigenvalue weighted by molar-refractivity contribution is 5.67. The second-order valence-corrected chi connectivity index (χ2v) is 3.82. The molecule has 2 aromatic rings. The van der Waals surface area contributed by atoms with Crippen LogP contribution in [-0.2, 0) is 12.7 Å². The number of hydrogen-bond acceptors (Lipinski definition) is 2. The highest BCUT2D eigenvalue weighted by Gasteiger charge is 2.30. The zero-order valence-electron chi connectivity index (χ0n) is 9.41. The van der Waals surface area contributed by atoms with E-state index in [1.165, 1.54) is 12.3 Å². The van der Waals surface area contributed by atoms with Gasteiger partial charge in [0.1, 0.15) is 0 Å². The quantitative estimate of drug-likeness (QED) is 0.891. The largest absolute Gasteiger partial charge is 0.416 e. The number of hydrogen-bond donors (Lipinski definition) is 1. The van der Waals surface area contributed by atoms with E-state index in [9.17, 15) is 13.2 Å². The van der Waals surface area contributed by atoms with E-state index in [0.29, 0.717) is 11.1 Å². The number of nitrogens with two attached hydrogens (primary N) is 1. The van der Waals surface area contributed by atoms with Crippen LogP contribution in [0.15, 0.2) is 42.7 Å². The third-order valence-corrected chi connectivity index (χ3v) is 2.62. The fraction of sp³-hybridized carbons (Fsp3) is 0.154. The molecule has 0 aliphatic rings. The van der Waals surface area contributed by atoms with Crippen molar-refractivity contribution in [3.63, 3.8) is 0 Å². The SMILES string of the molecule is NCc1cnccc1-c1cccc(C(F)(F)F)c1. The average Bonchev–Trinajstić information content (AvgIpc) is 2.38. The maximum absolute atomic E-state index is 12.6. The Morgan fingerprint density at radius 1 is 1.17 bits per heavy atom. The Morgan fingerprint density at radius 3 is 2.61 bits per heavy atom. The number of halogens is 3. The molecule has 0 unspecified atom stereocenters. The molecule has 0 saturated heterocycles. The number of rotatable bonds is 2. The molecule has 0 spiro atoms. The van der Waals surface area contributed by atoms with Gasteiger partial charge in [-0.05, 0) is 34.9 Å². The molecule has 0 atom stereocenters. The van der Waals surface area contributed by atoms with Crippen LogP contribution in [0.1, 0.15) is 11.1 Å². The number of pyridine rings is 1. The molecule has 18 heavy (non-hydrogen) atoms. The van der Waals surface area contributed by atoms with Crippen molar-refractivity contribution >= 4 is 0 Å². The predicted octanol–water partition coefficient (Wildman–Crippen LogP) is 3.23. The van der Waals surface area contributed by atoms with Gasteiger partial charge in [0, 0.05) is 18.9 Å². The summed E-state index contributed by atoms with van der Waals surface area (Å²) in [5, 5.41) is 0. The molecule has 94 valence electrons. The van der Waals surface area contributed by atoms with E-state index in [2.05, 4.69) is 4.98 Å². The maximum Gasteiger partial charge on any atom is 0.416 e. The number of nitrogens with zero attached hydrogens (tertiary/aromatic N) is 1. The van der Waals surface area contributed by atoms with Crippen molar-refractivity contribution in [2.45, 2.75) is 12.7 Å². The zero-order chi connectivity index (χ0) is 13.2. The Kier molecular flexibility index (Phi) is 3.34. The lowest BCUT2D eigenvalue weighted by atomic mass is 10.00. The van der Waals surface area contributed by atoms with Gasteiger partial charge in [0.15, 0.2) is 0 Å². The summed E-state index contributed by atoms with van der Waals surface area (Å²) >= 11 is 0. The van der Waals surface area contributed by atoms with Crippen molar-refractivity contribution in [2.24, 2.45) is 5.73 Å². The van der Waals surface area contributed by atoms with Crippen LogP contribution in [0.2, 0.25) is 0 Å². The van der Waals surface area contributed by atoms with Gasteiger partial charge < -0.3 is 5.73 Å². The van der Waals surface area contributed by atoms with Gasteiger partial charge in [-0.1, -0.05) is 12.1 Å². The average molecular weight is 252 g/mol. The molecule has 0 saturated carbocycles. The molecule has 2 rings (SSSR count). The van der Waals surface area contributed by atoms with Crippen LogP contribution < -0.4 is 5.73 Å². The first-order valence-corrected chi connectivity index (χ1v) is 5.33. The minimum atomic E-state index is -4.34. The van der Waals surface area contributed by atoms with Crippen LogP contribution in [0.4, 0.5) is 13.2 Å². The normalized spacial score (nSPS) is 11.6. The van der Waals surface area contributed by atoms with Gasteiger partial charge in [-0.15, -0.1) is 0 Å². The fourth-order valence-corrected chi connectivity index (χ4v) is 1.73. The molecule has 5 heteroatoms. The van der Waals surface area contributed by atoms with Gasteiger partial charge in [0.25, 0.3) is 0 Å². The van der Waals surface area contributed by atoms with Crippen LogP contribution in [0.5, 0.6) is 0 Å². The minimum Gasteiger partial charge on any atom is -0.326 e. The molecule has 0 aliphatic heterocycles. The first-order chi connectivity index (χ1) is 8.52. The van der Waals surface area contributed by atoms with E-state index in [1.54, 1.807) is 18.3 Å². The molecule has 0 bridgehead atoms. The highest BCUT2D eigenvalue weighted by atomic mass is 19.4. The molecule has 1 heterocycles. The molecule has 2 nitrogen and oxygen atoms in total. The van der Waals surface area contributed by atoms with Crippen molar-refractivity contribution in [2.75, 3.05) is 0 Å². The zero-order valence-corrected chi connectivity index (χ0v) is 9.41. The van der Waals surface area contributed by atoms with Crippen LogP contribution in [0, 0.1) is 0 Å². The molecule has 0 aliphatic carbocycles. The fourth-order valence-electron chi connectivity index (χ4n) is 1.73. The summed E-state index contributed by atoms with van der Waals surface area (Å²) in [7, 11) is 0. The summed E-state index contributed by atoms with van der Waals surface area (Å²) in [4.78, 5) is 3.91. The number of aromatic nitrogens is 1. The van der Waals surface area contributed by atoms with Crippen LogP contribution in [0.25, 0.3) is 11.1 Å². The minimum absolute atomic E-state index is 0.236. The third kappa shape index (κ3) is 2.51. The Bertz CT molecular complexity index is 550. The number of benzene rings is 1. The van der Waals surface area contributed by atoms with E-state index in [4.69, 9.17) is 5.73 Å². The Morgan fingerprint density at radius 2 is 1.94 bits per heavy atom. The van der Waals surface area contributed by atoms with Crippen LogP contribution >= 0.6 is 0 Å². The Balaban J connectivity index is 2.51. The van der Waals surface area contributed by atoms with Crippen molar-refractivity contribution in [1.29, 1.82) is 0 Å². The summed E-state index contributed by atoms with van der Waals surface area (Å²) in [6.07, 6.45) is -1.24. The van der Waals surface area contributed by atoms with Gasteiger partial charge in [0.2, 0.25) is 0 Å². The van der Waals surface area contributed by atoms with Gasteiger partial charge in [-0.3, -0.25) is 4.98 Å².